The molecule has 14 heavy (non-hydrogen) atoms. The maximum Gasteiger partial charge on any atom is 0.167 e. The van der Waals surface area contributed by atoms with E-state index in [1.54, 1.807) is 6.92 Å². The van der Waals surface area contributed by atoms with Crippen LogP contribution < -0.4 is 0 Å². The summed E-state index contributed by atoms with van der Waals surface area (Å²) < 4.78 is 0. The molecule has 0 aliphatic heterocycles. The number of rotatable bonds is 3. The van der Waals surface area contributed by atoms with Crippen LogP contribution in [0.1, 0.15) is 22.3 Å². The van der Waals surface area contributed by atoms with E-state index in [1.165, 1.54) is 12.1 Å². The van der Waals surface area contributed by atoms with E-state index >= 15 is 0 Å². The van der Waals surface area contributed by atoms with Crippen LogP contribution in [0.15, 0.2) is 12.1 Å². The number of benzene rings is 1. The number of hydrogen-bond donors (Lipinski definition) is 1. The van der Waals surface area contributed by atoms with Crippen LogP contribution >= 0.6 is 23.2 Å². The number of alkyl halides is 1. The number of carbonyl (C=O) groups is 1. The van der Waals surface area contributed by atoms with Gasteiger partial charge in [-0.3, -0.25) is 4.79 Å². The Hall–Kier alpha value is -0.730. The van der Waals surface area contributed by atoms with Gasteiger partial charge < -0.3 is 5.11 Å². The Kier molecular flexibility index (Phi) is 3.78. The van der Waals surface area contributed by atoms with E-state index in [4.69, 9.17) is 23.2 Å². The van der Waals surface area contributed by atoms with Crippen molar-refractivity contribution in [2.24, 2.45) is 0 Å². The Bertz CT molecular complexity index is 361. The summed E-state index contributed by atoms with van der Waals surface area (Å²) in [5.74, 6) is 0.00505. The highest BCUT2D eigenvalue weighted by molar-refractivity contribution is 6.31. The lowest BCUT2D eigenvalue weighted by Crippen LogP contribution is -2.00. The highest BCUT2D eigenvalue weighted by Gasteiger charge is 2.12. The van der Waals surface area contributed by atoms with Gasteiger partial charge in [0.1, 0.15) is 5.75 Å². The molecule has 1 rings (SSSR count). The summed E-state index contributed by atoms with van der Waals surface area (Å²) in [6.07, 6.45) is 0.203. The minimum absolute atomic E-state index is 0.0398. The summed E-state index contributed by atoms with van der Waals surface area (Å²) in [6.45, 7) is 1.76. The van der Waals surface area contributed by atoms with Gasteiger partial charge in [-0.25, -0.2) is 0 Å². The zero-order valence-corrected chi connectivity index (χ0v) is 9.19. The second-order valence-corrected chi connectivity index (χ2v) is 3.77. The third-order valence-electron chi connectivity index (χ3n) is 1.90. The smallest absolute Gasteiger partial charge is 0.167 e. The highest BCUT2D eigenvalue weighted by atomic mass is 35.5. The molecule has 0 saturated carbocycles. The minimum atomic E-state index is -0.195. The van der Waals surface area contributed by atoms with Gasteiger partial charge in [-0.05, 0) is 24.6 Å². The zero-order chi connectivity index (χ0) is 10.7. The lowest BCUT2D eigenvalue weighted by Gasteiger charge is -2.05. The second kappa shape index (κ2) is 4.67. The molecule has 0 atom stereocenters. The predicted molar refractivity (Wildman–Crippen MR) is 57.5 cm³/mol. The first-order valence-electron chi connectivity index (χ1n) is 4.14. The monoisotopic (exact) mass is 232 g/mol. The lowest BCUT2D eigenvalue weighted by molar-refractivity contribution is 0.0986. The van der Waals surface area contributed by atoms with Crippen molar-refractivity contribution in [3.05, 3.63) is 28.3 Å². The normalized spacial score (nSPS) is 10.2. The predicted octanol–water partition coefficient (Wildman–Crippen LogP) is 3.17. The minimum Gasteiger partial charge on any atom is -0.507 e. The maximum absolute atomic E-state index is 11.4. The van der Waals surface area contributed by atoms with Crippen LogP contribution in [0.4, 0.5) is 0 Å². The summed E-state index contributed by atoms with van der Waals surface area (Å²) in [5.41, 5.74) is 0.979. The van der Waals surface area contributed by atoms with Crippen molar-refractivity contribution < 1.29 is 9.90 Å². The van der Waals surface area contributed by atoms with Gasteiger partial charge in [0.15, 0.2) is 5.78 Å². The first kappa shape index (κ1) is 11.3. The molecule has 0 aliphatic carbocycles. The number of carbonyl (C=O) groups excluding carboxylic acids is 1. The molecule has 0 heterocycles. The van der Waals surface area contributed by atoms with E-state index in [9.17, 15) is 9.90 Å². The number of phenolic OH excluding ortho intramolecular Hbond substituents is 1. The Labute approximate surface area is 92.5 Å². The molecule has 1 aromatic rings. The van der Waals surface area contributed by atoms with Crippen LogP contribution in [-0.4, -0.2) is 16.8 Å². The van der Waals surface area contributed by atoms with E-state index in [2.05, 4.69) is 0 Å². The number of aryl methyl sites for hydroxylation is 1. The van der Waals surface area contributed by atoms with Crippen LogP contribution in [0, 0.1) is 6.92 Å². The number of halogens is 2. The molecule has 0 unspecified atom stereocenters. The molecule has 0 aliphatic rings. The maximum atomic E-state index is 11.4. The van der Waals surface area contributed by atoms with Crippen molar-refractivity contribution in [3.8, 4) is 5.75 Å². The van der Waals surface area contributed by atoms with E-state index in [-0.39, 0.29) is 29.4 Å². The standard InChI is InChI=1S/C10H10Cl2O2/c1-6-4-10(14)7(5-8(6)12)9(13)2-3-11/h4-5,14H,2-3H2,1H3. The number of phenols is 1. The molecule has 1 N–H and O–H groups in total. The number of aromatic hydroxyl groups is 1. The molecule has 0 amide bonds. The fourth-order valence-corrected chi connectivity index (χ4v) is 1.45. The first-order valence-corrected chi connectivity index (χ1v) is 5.05. The molecule has 0 aromatic heterocycles. The Morgan fingerprint density at radius 3 is 2.71 bits per heavy atom. The molecule has 1 aromatic carbocycles. The Morgan fingerprint density at radius 1 is 1.50 bits per heavy atom. The average molecular weight is 233 g/mol. The summed E-state index contributed by atoms with van der Waals surface area (Å²) in [6, 6.07) is 2.95. The van der Waals surface area contributed by atoms with Gasteiger partial charge in [0.05, 0.1) is 5.56 Å². The van der Waals surface area contributed by atoms with E-state index in [1.807, 2.05) is 0 Å². The van der Waals surface area contributed by atoms with E-state index < -0.39 is 0 Å². The van der Waals surface area contributed by atoms with Crippen molar-refractivity contribution in [1.29, 1.82) is 0 Å². The van der Waals surface area contributed by atoms with Gasteiger partial charge >= 0.3 is 0 Å². The molecule has 0 fully saturated rings. The van der Waals surface area contributed by atoms with Crippen LogP contribution in [0.5, 0.6) is 5.75 Å². The zero-order valence-electron chi connectivity index (χ0n) is 7.68. The molecule has 0 radical (unpaired) electrons. The summed E-state index contributed by atoms with van der Waals surface area (Å²) in [4.78, 5) is 11.4. The van der Waals surface area contributed by atoms with Crippen molar-refractivity contribution >= 4 is 29.0 Å². The molecule has 0 spiro atoms. The third-order valence-corrected chi connectivity index (χ3v) is 2.50. The van der Waals surface area contributed by atoms with Gasteiger partial charge in [0, 0.05) is 17.3 Å². The third kappa shape index (κ3) is 2.40. The number of hydrogen-bond acceptors (Lipinski definition) is 2. The lowest BCUT2D eigenvalue weighted by atomic mass is 10.1. The van der Waals surface area contributed by atoms with Crippen LogP contribution in [0.2, 0.25) is 5.02 Å². The van der Waals surface area contributed by atoms with Crippen molar-refractivity contribution in [2.45, 2.75) is 13.3 Å². The van der Waals surface area contributed by atoms with Gasteiger partial charge in [0.25, 0.3) is 0 Å². The van der Waals surface area contributed by atoms with Crippen molar-refractivity contribution in [1.82, 2.24) is 0 Å². The molecule has 2 nitrogen and oxygen atoms in total. The Morgan fingerprint density at radius 2 is 2.14 bits per heavy atom. The van der Waals surface area contributed by atoms with Crippen LogP contribution in [0.25, 0.3) is 0 Å². The fraction of sp³-hybridized carbons (Fsp3) is 0.300. The topological polar surface area (TPSA) is 37.3 Å². The summed E-state index contributed by atoms with van der Waals surface area (Å²) in [5, 5.41) is 9.96. The highest BCUT2D eigenvalue weighted by Crippen LogP contribution is 2.26. The summed E-state index contributed by atoms with van der Waals surface area (Å²) >= 11 is 11.3. The van der Waals surface area contributed by atoms with Gasteiger partial charge in [-0.15, -0.1) is 11.6 Å². The number of ketones is 1. The van der Waals surface area contributed by atoms with Crippen molar-refractivity contribution in [2.75, 3.05) is 5.88 Å². The second-order valence-electron chi connectivity index (χ2n) is 2.98. The largest absolute Gasteiger partial charge is 0.507 e. The molecule has 0 bridgehead atoms. The van der Waals surface area contributed by atoms with E-state index in [0.717, 1.165) is 5.56 Å². The molecule has 4 heteroatoms. The first-order chi connectivity index (χ1) is 6.56. The molecule has 0 saturated heterocycles. The quantitative estimate of drug-likeness (QED) is 0.643. The van der Waals surface area contributed by atoms with Gasteiger partial charge in [-0.2, -0.15) is 0 Å². The Balaban J connectivity index is 3.09. The van der Waals surface area contributed by atoms with Crippen LogP contribution in [0.3, 0.4) is 0 Å². The van der Waals surface area contributed by atoms with Gasteiger partial charge in [-0.1, -0.05) is 11.6 Å². The molecular weight excluding hydrogens is 223 g/mol. The van der Waals surface area contributed by atoms with E-state index in [0.29, 0.717) is 5.02 Å². The fourth-order valence-electron chi connectivity index (χ4n) is 1.11. The SMILES string of the molecule is Cc1cc(O)c(C(=O)CCCl)cc1Cl. The van der Waals surface area contributed by atoms with Gasteiger partial charge in [0.2, 0.25) is 0 Å². The summed E-state index contributed by atoms with van der Waals surface area (Å²) in [7, 11) is 0. The van der Waals surface area contributed by atoms with Crippen LogP contribution in [-0.2, 0) is 0 Å². The average Bonchev–Trinajstić information content (AvgIpc) is 2.11. The van der Waals surface area contributed by atoms with Crippen molar-refractivity contribution in [3.63, 3.8) is 0 Å². The molecule has 76 valence electrons. The molecular formula is C10H10Cl2O2. The number of Topliss-reactive ketones (excluding diaryl/α,β-unsaturated/α-hetero) is 1.